The van der Waals surface area contributed by atoms with Crippen LogP contribution in [0, 0.1) is 34.2 Å². The molecule has 0 aliphatic carbocycles. The molecule has 4 nitrogen and oxygen atoms in total. The van der Waals surface area contributed by atoms with Gasteiger partial charge in [-0.25, -0.2) is 23.1 Å². The number of rotatable bonds is 1. The van der Waals surface area contributed by atoms with E-state index in [0.717, 1.165) is 0 Å². The van der Waals surface area contributed by atoms with Crippen molar-refractivity contribution < 1.29 is 17.6 Å². The first kappa shape index (κ1) is 16.6. The standard InChI is InChI=1S/C20H10F4N4/c21-15-12-7-28-13-5-4-8(20(25)27-26)6-11(13)9-2-1-3-10(19(9)28)14(12)16(22)18(24)17(15)23/h1-6,25-26H,7H2. The molecule has 8 heteroatoms. The lowest BCUT2D eigenvalue weighted by atomic mass is 9.93. The lowest BCUT2D eigenvalue weighted by Gasteiger charge is -2.22. The lowest BCUT2D eigenvalue weighted by Crippen LogP contribution is -2.14. The summed E-state index contributed by atoms with van der Waals surface area (Å²) in [5, 5.41) is 12.2. The summed E-state index contributed by atoms with van der Waals surface area (Å²) >= 11 is 0. The van der Waals surface area contributed by atoms with Gasteiger partial charge in [-0.1, -0.05) is 18.2 Å². The highest BCUT2D eigenvalue weighted by molar-refractivity contribution is 6.15. The van der Waals surface area contributed by atoms with E-state index < -0.39 is 23.3 Å². The summed E-state index contributed by atoms with van der Waals surface area (Å²) < 4.78 is 58.4. The quantitative estimate of drug-likeness (QED) is 0.0928. The second-order valence-electron chi connectivity index (χ2n) is 6.59. The van der Waals surface area contributed by atoms with Gasteiger partial charge in [-0.2, -0.15) is 0 Å². The molecule has 0 spiro atoms. The third-order valence-electron chi connectivity index (χ3n) is 5.22. The molecule has 5 rings (SSSR count). The van der Waals surface area contributed by atoms with E-state index in [0.29, 0.717) is 27.4 Å². The van der Waals surface area contributed by atoms with Gasteiger partial charge in [-0.05, 0) is 18.2 Å². The minimum absolute atomic E-state index is 0.161. The molecule has 0 bridgehead atoms. The topological polar surface area (TPSA) is 65.0 Å². The molecule has 0 unspecified atom stereocenters. The van der Waals surface area contributed by atoms with Crippen molar-refractivity contribution in [3.8, 4) is 11.1 Å². The largest absolute Gasteiger partial charge is 0.335 e. The van der Waals surface area contributed by atoms with Crippen LogP contribution in [0.25, 0.3) is 32.9 Å². The van der Waals surface area contributed by atoms with E-state index in [1.54, 1.807) is 34.9 Å². The monoisotopic (exact) mass is 382 g/mol. The zero-order valence-electron chi connectivity index (χ0n) is 14.1. The molecular weight excluding hydrogens is 372 g/mol. The van der Waals surface area contributed by atoms with Crippen LogP contribution in [0.4, 0.5) is 17.6 Å². The molecule has 4 aromatic rings. The minimum atomic E-state index is -1.83. The van der Waals surface area contributed by atoms with Gasteiger partial charge in [0.25, 0.3) is 0 Å². The average molecular weight is 382 g/mol. The maximum Gasteiger partial charge on any atom is 0.198 e. The van der Waals surface area contributed by atoms with Crippen LogP contribution in [-0.2, 0) is 6.54 Å². The number of hydrogen-bond donors (Lipinski definition) is 2. The Balaban J connectivity index is 1.94. The normalized spacial score (nSPS) is 12.4. The van der Waals surface area contributed by atoms with Gasteiger partial charge >= 0.3 is 0 Å². The Bertz CT molecular complexity index is 1370. The average Bonchev–Trinajstić information content (AvgIpc) is 3.04. The Morgan fingerprint density at radius 3 is 2.43 bits per heavy atom. The molecule has 1 aliphatic rings. The number of amidine groups is 1. The first-order valence-corrected chi connectivity index (χ1v) is 8.30. The molecule has 0 atom stereocenters. The van der Waals surface area contributed by atoms with Crippen molar-refractivity contribution >= 4 is 27.6 Å². The predicted octanol–water partition coefficient (Wildman–Crippen LogP) is 5.74. The van der Waals surface area contributed by atoms with E-state index in [2.05, 4.69) is 5.11 Å². The zero-order chi connectivity index (χ0) is 19.7. The van der Waals surface area contributed by atoms with Gasteiger partial charge in [-0.15, -0.1) is 5.11 Å². The number of halogens is 4. The highest BCUT2D eigenvalue weighted by Crippen LogP contribution is 2.44. The molecule has 2 heterocycles. The Labute approximate surface area is 155 Å². The molecule has 2 N–H and O–H groups in total. The summed E-state index contributed by atoms with van der Waals surface area (Å²) in [5.41, 5.74) is 8.42. The van der Waals surface area contributed by atoms with Gasteiger partial charge in [0, 0.05) is 38.5 Å². The van der Waals surface area contributed by atoms with Gasteiger partial charge < -0.3 is 4.57 Å². The van der Waals surface area contributed by atoms with E-state index in [9.17, 15) is 17.6 Å². The predicted molar refractivity (Wildman–Crippen MR) is 95.8 cm³/mol. The van der Waals surface area contributed by atoms with Crippen molar-refractivity contribution in [1.82, 2.24) is 4.57 Å². The fourth-order valence-corrected chi connectivity index (χ4v) is 4.00. The number of hydrogen-bond acceptors (Lipinski definition) is 2. The van der Waals surface area contributed by atoms with Gasteiger partial charge in [0.05, 0.1) is 12.1 Å². The van der Waals surface area contributed by atoms with Crippen molar-refractivity contribution in [3.63, 3.8) is 0 Å². The Kier molecular flexibility index (Phi) is 3.25. The number of para-hydroxylation sites is 1. The minimum Gasteiger partial charge on any atom is -0.335 e. The van der Waals surface area contributed by atoms with E-state index in [1.165, 1.54) is 6.07 Å². The van der Waals surface area contributed by atoms with Crippen LogP contribution in [0.5, 0.6) is 0 Å². The van der Waals surface area contributed by atoms with Crippen molar-refractivity contribution in [2.24, 2.45) is 5.11 Å². The first-order valence-electron chi connectivity index (χ1n) is 8.30. The molecule has 0 saturated carbocycles. The second-order valence-corrected chi connectivity index (χ2v) is 6.59. The van der Waals surface area contributed by atoms with Crippen LogP contribution in [0.15, 0.2) is 41.5 Å². The maximum atomic E-state index is 14.6. The smallest absolute Gasteiger partial charge is 0.198 e. The van der Waals surface area contributed by atoms with Crippen molar-refractivity contribution in [2.75, 3.05) is 0 Å². The molecule has 1 aliphatic heterocycles. The number of fused-ring (bicyclic) bond motifs is 5. The van der Waals surface area contributed by atoms with Crippen molar-refractivity contribution in [3.05, 3.63) is 70.8 Å². The molecule has 1 aromatic heterocycles. The summed E-state index contributed by atoms with van der Waals surface area (Å²) in [5.74, 6) is -6.68. The molecule has 28 heavy (non-hydrogen) atoms. The van der Waals surface area contributed by atoms with Crippen molar-refractivity contribution in [1.29, 1.82) is 10.9 Å². The second kappa shape index (κ2) is 5.48. The maximum absolute atomic E-state index is 14.6. The molecule has 3 aromatic carbocycles. The summed E-state index contributed by atoms with van der Waals surface area (Å²) in [6.07, 6.45) is 0. The summed E-state index contributed by atoms with van der Waals surface area (Å²) in [4.78, 5) is 0. The van der Waals surface area contributed by atoms with Gasteiger partial charge in [0.1, 0.15) is 0 Å². The van der Waals surface area contributed by atoms with E-state index in [1.807, 2.05) is 0 Å². The highest BCUT2D eigenvalue weighted by Gasteiger charge is 2.31. The SMILES string of the molecule is N=NC(=N)c1ccc2c(c1)c1cccc3c1n2Cc1c(F)c(F)c(F)c(F)c1-3. The Morgan fingerprint density at radius 1 is 0.929 bits per heavy atom. The van der Waals surface area contributed by atoms with Gasteiger partial charge in [-0.3, -0.25) is 5.41 Å². The third kappa shape index (κ3) is 1.91. The van der Waals surface area contributed by atoms with E-state index in [4.69, 9.17) is 10.9 Å². The van der Waals surface area contributed by atoms with Crippen LogP contribution >= 0.6 is 0 Å². The molecule has 0 fully saturated rings. The summed E-state index contributed by atoms with van der Waals surface area (Å²) in [6, 6.07) is 9.90. The van der Waals surface area contributed by atoms with Crippen molar-refractivity contribution in [2.45, 2.75) is 6.54 Å². The molecule has 0 radical (unpaired) electrons. The number of benzene rings is 3. The fraction of sp³-hybridized carbons (Fsp3) is 0.0500. The van der Waals surface area contributed by atoms with Crippen LogP contribution in [0.1, 0.15) is 11.1 Å². The van der Waals surface area contributed by atoms with Crippen LogP contribution < -0.4 is 0 Å². The zero-order valence-corrected chi connectivity index (χ0v) is 14.1. The summed E-state index contributed by atoms with van der Waals surface area (Å²) in [7, 11) is 0. The molecule has 138 valence electrons. The van der Waals surface area contributed by atoms with E-state index in [-0.39, 0.29) is 29.1 Å². The van der Waals surface area contributed by atoms with Crippen LogP contribution in [0.3, 0.4) is 0 Å². The number of nitrogens with one attached hydrogen (secondary N) is 2. The molecular formula is C20H10F4N4. The lowest BCUT2D eigenvalue weighted by molar-refractivity contribution is 0.404. The van der Waals surface area contributed by atoms with Gasteiger partial charge in [0.15, 0.2) is 29.1 Å². The Morgan fingerprint density at radius 2 is 1.68 bits per heavy atom. The first-order chi connectivity index (χ1) is 13.4. The fourth-order valence-electron chi connectivity index (χ4n) is 4.00. The van der Waals surface area contributed by atoms with Crippen LogP contribution in [0.2, 0.25) is 0 Å². The summed E-state index contributed by atoms with van der Waals surface area (Å²) in [6.45, 7) is -0.161. The molecule has 0 amide bonds. The number of aromatic nitrogens is 1. The third-order valence-corrected chi connectivity index (χ3v) is 5.22. The van der Waals surface area contributed by atoms with E-state index >= 15 is 0 Å². The van der Waals surface area contributed by atoms with Crippen LogP contribution in [-0.4, -0.2) is 10.4 Å². The highest BCUT2D eigenvalue weighted by atomic mass is 19.2. The Hall–Kier alpha value is -3.55. The molecule has 0 saturated heterocycles. The van der Waals surface area contributed by atoms with Gasteiger partial charge in [0.2, 0.25) is 0 Å². The number of nitrogens with zero attached hydrogens (tertiary/aromatic N) is 2.